The molecule has 0 bridgehead atoms. The summed E-state index contributed by atoms with van der Waals surface area (Å²) in [7, 11) is 0. The van der Waals surface area contributed by atoms with Crippen LogP contribution in [0.25, 0.3) is 0 Å². The van der Waals surface area contributed by atoms with Gasteiger partial charge < -0.3 is 26.4 Å². The molecular weight excluding hydrogens is 592 g/mol. The Kier molecular flexibility index (Phi) is 14.4. The van der Waals surface area contributed by atoms with Gasteiger partial charge in [0.1, 0.15) is 6.10 Å². The van der Waals surface area contributed by atoms with Crippen LogP contribution in [0.4, 0.5) is 4.79 Å². The fourth-order valence-corrected chi connectivity index (χ4v) is 11.5. The van der Waals surface area contributed by atoms with E-state index < -0.39 is 0 Å². The van der Waals surface area contributed by atoms with Crippen molar-refractivity contribution in [2.45, 2.75) is 189 Å². The Hall–Kier alpha value is -1.11. The molecule has 0 radical (unpaired) electrons. The predicted molar refractivity (Wildman–Crippen MR) is 203 cm³/mol. The normalized spacial score (nSPS) is 34.7. The summed E-state index contributed by atoms with van der Waals surface area (Å²) < 4.78 is 6.37. The fraction of sp³-hybridized carbons (Fsp3) is 0.929. The van der Waals surface area contributed by atoms with E-state index in [1.165, 1.54) is 51.4 Å². The number of ether oxygens (including phenoxy) is 1. The van der Waals surface area contributed by atoms with Gasteiger partial charge >= 0.3 is 6.09 Å². The molecule has 0 aromatic carbocycles. The molecule has 6 nitrogen and oxygen atoms in total. The number of hydrogen-bond acceptors (Lipinski definition) is 5. The zero-order valence-corrected chi connectivity index (χ0v) is 32.9. The highest BCUT2D eigenvalue weighted by molar-refractivity contribution is 5.68. The third kappa shape index (κ3) is 9.60. The zero-order chi connectivity index (χ0) is 35.2. The third-order valence-corrected chi connectivity index (χ3v) is 14.1. The monoisotopic (exact) mass is 671 g/mol. The molecule has 278 valence electrons. The van der Waals surface area contributed by atoms with Gasteiger partial charge in [0.2, 0.25) is 0 Å². The van der Waals surface area contributed by atoms with Crippen molar-refractivity contribution in [3.05, 3.63) is 11.6 Å². The zero-order valence-electron chi connectivity index (χ0n) is 32.9. The highest BCUT2D eigenvalue weighted by Crippen LogP contribution is 2.67. The van der Waals surface area contributed by atoms with Gasteiger partial charge in [0, 0.05) is 37.1 Å². The van der Waals surface area contributed by atoms with Crippen LogP contribution in [0.1, 0.15) is 159 Å². The van der Waals surface area contributed by atoms with Gasteiger partial charge in [-0.3, -0.25) is 0 Å². The summed E-state index contributed by atoms with van der Waals surface area (Å²) in [6.45, 7) is 22.7. The maximum Gasteiger partial charge on any atom is 0.410 e. The van der Waals surface area contributed by atoms with E-state index in [0.717, 1.165) is 87.0 Å². The number of rotatable bonds is 17. The van der Waals surface area contributed by atoms with Crippen molar-refractivity contribution in [1.82, 2.24) is 10.2 Å². The van der Waals surface area contributed by atoms with E-state index in [0.29, 0.717) is 18.0 Å². The smallest absolute Gasteiger partial charge is 0.410 e. The summed E-state index contributed by atoms with van der Waals surface area (Å²) in [5.41, 5.74) is 14.5. The molecular formula is C42H78N4O2. The van der Waals surface area contributed by atoms with E-state index in [2.05, 4.69) is 66.8 Å². The van der Waals surface area contributed by atoms with Gasteiger partial charge in [0.25, 0.3) is 0 Å². The van der Waals surface area contributed by atoms with Gasteiger partial charge in [-0.25, -0.2) is 4.79 Å². The maximum atomic E-state index is 13.8. The number of amides is 1. The first-order valence-electron chi connectivity index (χ1n) is 20.6. The Labute approximate surface area is 296 Å². The van der Waals surface area contributed by atoms with Crippen molar-refractivity contribution >= 4 is 6.09 Å². The number of nitrogens with two attached hydrogens (primary N) is 2. The van der Waals surface area contributed by atoms with Gasteiger partial charge in [-0.1, -0.05) is 65.5 Å². The summed E-state index contributed by atoms with van der Waals surface area (Å²) in [5, 5.41) is 3.58. The fourth-order valence-electron chi connectivity index (χ4n) is 11.5. The summed E-state index contributed by atoms with van der Waals surface area (Å²) in [4.78, 5) is 15.7. The minimum atomic E-state index is -0.141. The van der Waals surface area contributed by atoms with Crippen LogP contribution in [-0.2, 0) is 4.74 Å². The van der Waals surface area contributed by atoms with Crippen molar-refractivity contribution in [2.24, 2.45) is 57.8 Å². The standard InChI is InChI=1S/C42H78N4O2/c1-28(2)13-12-14-29(3)37-17-18-38-36-16-15-34-27-35(19-21-41(34,8)39(36)20-22-42(37,38)9)48-40(47)46(33(7)26-31(5)44)24-11-10-23-45-32(6)25-30(4)43/h15,28-33,35-39,45H,10-14,16-27,43-44H2,1-9H3/t29-,30?,31?,32?,33?,35+,36+,37-,38+,39+,41+,42-/m1/s1. The second-order valence-electron chi connectivity index (χ2n) is 18.6. The van der Waals surface area contributed by atoms with Crippen LogP contribution in [0.3, 0.4) is 0 Å². The Bertz CT molecular complexity index is 1040. The van der Waals surface area contributed by atoms with Crippen LogP contribution < -0.4 is 16.8 Å². The largest absolute Gasteiger partial charge is 0.446 e. The van der Waals surface area contributed by atoms with Crippen molar-refractivity contribution in [3.63, 3.8) is 0 Å². The molecule has 0 aromatic rings. The SMILES string of the molecule is CC(C)CCC[C@@H](C)[C@H]1CC[C@H]2[C@@H]3CC=C4C[C@@H](OC(=O)N(CCCCNC(C)CC(C)N)C(C)CC(C)N)CC[C@]4(C)[C@H]3CC[C@]12C. The average Bonchev–Trinajstić information content (AvgIpc) is 3.35. The quantitative estimate of drug-likeness (QED) is 0.106. The number of carbonyl (C=O) groups is 1. The lowest BCUT2D eigenvalue weighted by Gasteiger charge is -2.58. The van der Waals surface area contributed by atoms with E-state index in [1.54, 1.807) is 5.57 Å². The van der Waals surface area contributed by atoms with Gasteiger partial charge in [-0.15, -0.1) is 0 Å². The van der Waals surface area contributed by atoms with Crippen LogP contribution in [0.2, 0.25) is 0 Å². The first-order chi connectivity index (χ1) is 22.7. The number of unbranched alkanes of at least 4 members (excludes halogenated alkanes) is 1. The molecule has 4 rings (SSSR count). The highest BCUT2D eigenvalue weighted by Gasteiger charge is 2.59. The van der Waals surface area contributed by atoms with Crippen molar-refractivity contribution < 1.29 is 9.53 Å². The van der Waals surface area contributed by atoms with Gasteiger partial charge in [0.05, 0.1) is 0 Å². The van der Waals surface area contributed by atoms with E-state index in [4.69, 9.17) is 16.2 Å². The second kappa shape index (κ2) is 17.4. The molecule has 5 N–H and O–H groups in total. The molecule has 1 amide bonds. The van der Waals surface area contributed by atoms with Crippen molar-refractivity contribution in [3.8, 4) is 0 Å². The third-order valence-electron chi connectivity index (χ3n) is 14.1. The Balaban J connectivity index is 1.34. The van der Waals surface area contributed by atoms with Crippen LogP contribution >= 0.6 is 0 Å². The summed E-state index contributed by atoms with van der Waals surface area (Å²) in [6, 6.07) is 0.728. The number of fused-ring (bicyclic) bond motifs is 5. The van der Waals surface area contributed by atoms with Crippen LogP contribution in [0.15, 0.2) is 11.6 Å². The van der Waals surface area contributed by atoms with E-state index in [9.17, 15) is 4.79 Å². The Morgan fingerprint density at radius 1 is 0.917 bits per heavy atom. The maximum absolute atomic E-state index is 13.8. The highest BCUT2D eigenvalue weighted by atomic mass is 16.6. The van der Waals surface area contributed by atoms with Gasteiger partial charge in [-0.2, -0.15) is 0 Å². The van der Waals surface area contributed by atoms with Crippen LogP contribution in [-0.4, -0.2) is 54.4 Å². The molecule has 0 spiro atoms. The second-order valence-corrected chi connectivity index (χ2v) is 18.6. The molecule has 3 fully saturated rings. The molecule has 4 aliphatic carbocycles. The van der Waals surface area contributed by atoms with Crippen molar-refractivity contribution in [2.75, 3.05) is 13.1 Å². The van der Waals surface area contributed by atoms with Crippen LogP contribution in [0.5, 0.6) is 0 Å². The molecule has 12 atom stereocenters. The predicted octanol–water partition coefficient (Wildman–Crippen LogP) is 9.46. The molecule has 4 unspecified atom stereocenters. The Morgan fingerprint density at radius 3 is 2.33 bits per heavy atom. The van der Waals surface area contributed by atoms with Crippen molar-refractivity contribution in [1.29, 1.82) is 0 Å². The topological polar surface area (TPSA) is 93.6 Å². The van der Waals surface area contributed by atoms with E-state index in [1.807, 2.05) is 11.8 Å². The summed E-state index contributed by atoms with van der Waals surface area (Å²) >= 11 is 0. The van der Waals surface area contributed by atoms with Crippen LogP contribution in [0, 0.1) is 46.3 Å². The molecule has 48 heavy (non-hydrogen) atoms. The number of carbonyl (C=O) groups excluding carboxylic acids is 1. The first kappa shape index (κ1) is 39.7. The lowest BCUT2D eigenvalue weighted by Crippen LogP contribution is -2.51. The average molecular weight is 671 g/mol. The van der Waals surface area contributed by atoms with Gasteiger partial charge in [0.15, 0.2) is 0 Å². The number of nitrogens with one attached hydrogen (secondary N) is 1. The number of nitrogens with zero attached hydrogens (tertiary/aromatic N) is 1. The molecule has 4 aliphatic rings. The lowest BCUT2D eigenvalue weighted by molar-refractivity contribution is -0.0597. The molecule has 0 saturated heterocycles. The summed E-state index contributed by atoms with van der Waals surface area (Å²) in [5.74, 6) is 5.07. The van der Waals surface area contributed by atoms with E-state index in [-0.39, 0.29) is 35.7 Å². The molecule has 0 aliphatic heterocycles. The minimum absolute atomic E-state index is 0.0180. The van der Waals surface area contributed by atoms with Gasteiger partial charge in [-0.05, 0) is 151 Å². The molecule has 0 aromatic heterocycles. The Morgan fingerprint density at radius 2 is 1.65 bits per heavy atom. The molecule has 3 saturated carbocycles. The minimum Gasteiger partial charge on any atom is -0.446 e. The van der Waals surface area contributed by atoms with E-state index >= 15 is 0 Å². The lowest BCUT2D eigenvalue weighted by atomic mass is 9.47. The molecule has 6 heteroatoms. The number of hydrogen-bond donors (Lipinski definition) is 3. The summed E-state index contributed by atoms with van der Waals surface area (Å²) in [6.07, 6.45) is 20.3. The number of allylic oxidation sites excluding steroid dienone is 1. The molecule has 0 heterocycles. The first-order valence-corrected chi connectivity index (χ1v) is 20.6.